The summed E-state index contributed by atoms with van der Waals surface area (Å²) in [6, 6.07) is 7.81. The predicted molar refractivity (Wildman–Crippen MR) is 83.1 cm³/mol. The minimum absolute atomic E-state index is 0.564. The van der Waals surface area contributed by atoms with E-state index in [1.165, 1.54) is 29.8 Å². The third-order valence-electron chi connectivity index (χ3n) is 3.67. The highest BCUT2D eigenvalue weighted by Gasteiger charge is 2.20. The summed E-state index contributed by atoms with van der Waals surface area (Å²) in [7, 11) is 0. The van der Waals surface area contributed by atoms with Gasteiger partial charge in [0.05, 0.1) is 15.7 Å². The number of hydrogen-bond donors (Lipinski definition) is 1. The molecule has 1 saturated heterocycles. The van der Waals surface area contributed by atoms with Gasteiger partial charge in [-0.3, -0.25) is 0 Å². The van der Waals surface area contributed by atoms with Gasteiger partial charge in [0.1, 0.15) is 0 Å². The maximum Gasteiger partial charge on any atom is 0.0813 e. The zero-order valence-electron chi connectivity index (χ0n) is 11.6. The average Bonchev–Trinajstić information content (AvgIpc) is 2.85. The van der Waals surface area contributed by atoms with Crippen molar-refractivity contribution in [2.24, 2.45) is 0 Å². The van der Waals surface area contributed by atoms with E-state index in [1.807, 2.05) is 5.51 Å². The Morgan fingerprint density at radius 1 is 1.42 bits per heavy atom. The van der Waals surface area contributed by atoms with Gasteiger partial charge in [-0.15, -0.1) is 11.3 Å². The molecule has 0 bridgehead atoms. The molecule has 1 aliphatic heterocycles. The second kappa shape index (κ2) is 5.47. The molecule has 1 N–H and O–H groups in total. The number of benzene rings is 1. The van der Waals surface area contributed by atoms with Gasteiger partial charge in [-0.2, -0.15) is 0 Å². The fraction of sp³-hybridized carbons (Fsp3) is 0.533. The molecule has 0 aliphatic carbocycles. The fourth-order valence-electron chi connectivity index (χ4n) is 2.86. The first-order valence-electron chi connectivity index (χ1n) is 7.06. The maximum absolute atomic E-state index is 4.35. The summed E-state index contributed by atoms with van der Waals surface area (Å²) in [5.41, 5.74) is 4.38. The van der Waals surface area contributed by atoms with Gasteiger partial charge in [0.2, 0.25) is 0 Å². The quantitative estimate of drug-likeness (QED) is 0.932. The van der Waals surface area contributed by atoms with Gasteiger partial charge in [0, 0.05) is 30.9 Å². The van der Waals surface area contributed by atoms with Gasteiger partial charge < -0.3 is 10.2 Å². The number of anilines is 1. The molecule has 1 aromatic heterocycles. The topological polar surface area (TPSA) is 28.2 Å². The lowest BCUT2D eigenvalue weighted by molar-refractivity contribution is 0.395. The molecule has 3 rings (SSSR count). The summed E-state index contributed by atoms with van der Waals surface area (Å²) < 4.78 is 1.29. The molecule has 1 atom stereocenters. The third kappa shape index (κ3) is 2.90. The van der Waals surface area contributed by atoms with Crippen molar-refractivity contribution < 1.29 is 0 Å². The first kappa shape index (κ1) is 12.9. The minimum Gasteiger partial charge on any atom is -0.370 e. The van der Waals surface area contributed by atoms with Gasteiger partial charge in [-0.25, -0.2) is 4.98 Å². The standard InChI is InChI=1S/C15H21N3S/c1-11(2)17-12-4-3-7-18(9-12)13-5-6-14-15(8-13)19-10-16-14/h5-6,8,10-12,17H,3-4,7,9H2,1-2H3. The molecule has 1 aliphatic rings. The Kier molecular flexibility index (Phi) is 3.71. The van der Waals surface area contributed by atoms with Crippen molar-refractivity contribution in [2.45, 2.75) is 38.8 Å². The van der Waals surface area contributed by atoms with Gasteiger partial charge in [-0.1, -0.05) is 13.8 Å². The highest BCUT2D eigenvalue weighted by atomic mass is 32.1. The number of nitrogens with one attached hydrogen (secondary N) is 1. The monoisotopic (exact) mass is 275 g/mol. The number of fused-ring (bicyclic) bond motifs is 1. The van der Waals surface area contributed by atoms with E-state index in [0.717, 1.165) is 12.1 Å². The van der Waals surface area contributed by atoms with Gasteiger partial charge in [-0.05, 0) is 31.0 Å². The molecule has 2 heterocycles. The van der Waals surface area contributed by atoms with Crippen LogP contribution in [0.4, 0.5) is 5.69 Å². The Morgan fingerprint density at radius 3 is 3.16 bits per heavy atom. The van der Waals surface area contributed by atoms with E-state index in [9.17, 15) is 0 Å². The molecule has 2 aromatic rings. The fourth-order valence-corrected chi connectivity index (χ4v) is 3.57. The lowest BCUT2D eigenvalue weighted by atomic mass is 10.0. The average molecular weight is 275 g/mol. The van der Waals surface area contributed by atoms with E-state index < -0.39 is 0 Å². The normalized spacial score (nSPS) is 20.4. The number of piperidine rings is 1. The maximum atomic E-state index is 4.35. The second-order valence-corrected chi connectivity index (χ2v) is 6.50. The van der Waals surface area contributed by atoms with E-state index in [1.54, 1.807) is 11.3 Å². The summed E-state index contributed by atoms with van der Waals surface area (Å²) in [6.07, 6.45) is 2.56. The van der Waals surface area contributed by atoms with Gasteiger partial charge in [0.25, 0.3) is 0 Å². The van der Waals surface area contributed by atoms with Crippen LogP contribution in [0.15, 0.2) is 23.7 Å². The molecule has 0 saturated carbocycles. The van der Waals surface area contributed by atoms with Crippen LogP contribution in [0.2, 0.25) is 0 Å². The summed E-state index contributed by atoms with van der Waals surface area (Å²) in [5.74, 6) is 0. The van der Waals surface area contributed by atoms with E-state index in [2.05, 4.69) is 47.2 Å². The molecule has 1 aromatic carbocycles. The van der Waals surface area contributed by atoms with Crippen LogP contribution in [-0.4, -0.2) is 30.2 Å². The minimum atomic E-state index is 0.564. The zero-order valence-corrected chi connectivity index (χ0v) is 12.4. The lowest BCUT2D eigenvalue weighted by Gasteiger charge is -2.35. The largest absolute Gasteiger partial charge is 0.370 e. The Labute approximate surface area is 118 Å². The smallest absolute Gasteiger partial charge is 0.0813 e. The third-order valence-corrected chi connectivity index (χ3v) is 4.46. The van der Waals surface area contributed by atoms with Crippen molar-refractivity contribution in [1.29, 1.82) is 0 Å². The van der Waals surface area contributed by atoms with Crippen LogP contribution in [0.1, 0.15) is 26.7 Å². The number of rotatable bonds is 3. The van der Waals surface area contributed by atoms with E-state index >= 15 is 0 Å². The van der Waals surface area contributed by atoms with Crippen molar-refractivity contribution in [3.8, 4) is 0 Å². The number of aromatic nitrogens is 1. The Morgan fingerprint density at radius 2 is 2.32 bits per heavy atom. The summed E-state index contributed by atoms with van der Waals surface area (Å²) in [6.45, 7) is 6.73. The van der Waals surface area contributed by atoms with Crippen LogP contribution in [0.25, 0.3) is 10.2 Å². The van der Waals surface area contributed by atoms with E-state index in [0.29, 0.717) is 12.1 Å². The van der Waals surface area contributed by atoms with Crippen LogP contribution >= 0.6 is 11.3 Å². The van der Waals surface area contributed by atoms with Crippen molar-refractivity contribution in [1.82, 2.24) is 10.3 Å². The number of hydrogen-bond acceptors (Lipinski definition) is 4. The molecule has 102 valence electrons. The Bertz CT molecular complexity index is 549. The van der Waals surface area contributed by atoms with Crippen LogP contribution in [0.5, 0.6) is 0 Å². The number of nitrogens with zero attached hydrogens (tertiary/aromatic N) is 2. The first-order chi connectivity index (χ1) is 9.22. The lowest BCUT2D eigenvalue weighted by Crippen LogP contribution is -2.47. The number of thiazole rings is 1. The Hall–Kier alpha value is -1.13. The first-order valence-corrected chi connectivity index (χ1v) is 7.94. The Balaban J connectivity index is 1.76. The predicted octanol–water partition coefficient (Wildman–Crippen LogP) is 3.26. The van der Waals surface area contributed by atoms with Crippen LogP contribution < -0.4 is 10.2 Å². The van der Waals surface area contributed by atoms with Crippen molar-refractivity contribution in [3.05, 3.63) is 23.7 Å². The summed E-state index contributed by atoms with van der Waals surface area (Å²) in [4.78, 5) is 6.85. The molecule has 1 fully saturated rings. The molecule has 1 unspecified atom stereocenters. The van der Waals surface area contributed by atoms with Crippen molar-refractivity contribution >= 4 is 27.2 Å². The molecule has 0 amide bonds. The van der Waals surface area contributed by atoms with Crippen molar-refractivity contribution in [3.63, 3.8) is 0 Å². The van der Waals surface area contributed by atoms with Gasteiger partial charge in [0.15, 0.2) is 0 Å². The molecule has 19 heavy (non-hydrogen) atoms. The van der Waals surface area contributed by atoms with Crippen LogP contribution in [0, 0.1) is 0 Å². The summed E-state index contributed by atoms with van der Waals surface area (Å²) in [5, 5.41) is 3.66. The second-order valence-electron chi connectivity index (χ2n) is 5.61. The van der Waals surface area contributed by atoms with Gasteiger partial charge >= 0.3 is 0 Å². The molecule has 3 nitrogen and oxygen atoms in total. The molecule has 0 radical (unpaired) electrons. The molecule has 0 spiro atoms. The summed E-state index contributed by atoms with van der Waals surface area (Å²) >= 11 is 1.72. The molecular formula is C15H21N3S. The highest BCUT2D eigenvalue weighted by molar-refractivity contribution is 7.16. The van der Waals surface area contributed by atoms with Crippen LogP contribution in [-0.2, 0) is 0 Å². The SMILES string of the molecule is CC(C)NC1CCCN(c2ccc3ncsc3c2)C1. The molecular weight excluding hydrogens is 254 g/mol. The van der Waals surface area contributed by atoms with E-state index in [-0.39, 0.29) is 0 Å². The molecule has 4 heteroatoms. The zero-order chi connectivity index (χ0) is 13.2. The van der Waals surface area contributed by atoms with Crippen LogP contribution in [0.3, 0.4) is 0 Å². The van der Waals surface area contributed by atoms with Crippen molar-refractivity contribution in [2.75, 3.05) is 18.0 Å². The highest BCUT2D eigenvalue weighted by Crippen LogP contribution is 2.26. The van der Waals surface area contributed by atoms with E-state index in [4.69, 9.17) is 0 Å².